The summed E-state index contributed by atoms with van der Waals surface area (Å²) in [6.07, 6.45) is 1.51. The number of rotatable bonds is 3. The topological polar surface area (TPSA) is 51.8 Å². The van der Waals surface area contributed by atoms with Gasteiger partial charge in [-0.05, 0) is 12.1 Å². The molecule has 0 radical (unpaired) electrons. The van der Waals surface area contributed by atoms with Crippen LogP contribution in [0.1, 0.15) is 5.76 Å². The third-order valence-corrected chi connectivity index (χ3v) is 0.834. The third kappa shape index (κ3) is 1.85. The van der Waals surface area contributed by atoms with Crippen LogP contribution in [0.4, 0.5) is 0 Å². The Kier molecular flexibility index (Phi) is 2.26. The zero-order chi connectivity index (χ0) is 6.53. The first-order valence-electron chi connectivity index (χ1n) is 2.39. The SMILES string of the molecule is OOOCc1ccco1. The van der Waals surface area contributed by atoms with Crippen molar-refractivity contribution in [3.05, 3.63) is 24.2 Å². The van der Waals surface area contributed by atoms with E-state index in [-0.39, 0.29) is 6.61 Å². The number of hydrogen-bond donors (Lipinski definition) is 1. The highest BCUT2D eigenvalue weighted by Crippen LogP contribution is 2.00. The van der Waals surface area contributed by atoms with E-state index in [2.05, 4.69) is 9.93 Å². The Morgan fingerprint density at radius 1 is 1.67 bits per heavy atom. The first-order chi connectivity index (χ1) is 4.43. The summed E-state index contributed by atoms with van der Waals surface area (Å²) >= 11 is 0. The molecule has 0 bridgehead atoms. The summed E-state index contributed by atoms with van der Waals surface area (Å²) in [6, 6.07) is 3.43. The maximum atomic E-state index is 7.70. The average Bonchev–Trinajstić information content (AvgIpc) is 2.34. The highest BCUT2D eigenvalue weighted by molar-refractivity contribution is 4.95. The average molecular weight is 130 g/mol. The molecule has 0 fully saturated rings. The van der Waals surface area contributed by atoms with Crippen LogP contribution >= 0.6 is 0 Å². The highest BCUT2D eigenvalue weighted by atomic mass is 17.5. The van der Waals surface area contributed by atoms with E-state index in [0.717, 1.165) is 0 Å². The molecule has 0 aliphatic carbocycles. The zero-order valence-electron chi connectivity index (χ0n) is 4.61. The van der Waals surface area contributed by atoms with Crippen molar-refractivity contribution in [1.82, 2.24) is 0 Å². The van der Waals surface area contributed by atoms with Crippen molar-refractivity contribution in [3.63, 3.8) is 0 Å². The van der Waals surface area contributed by atoms with Crippen molar-refractivity contribution >= 4 is 0 Å². The Hall–Kier alpha value is -0.840. The molecular formula is C5H6O4. The van der Waals surface area contributed by atoms with Gasteiger partial charge in [-0.1, -0.05) is 5.04 Å². The zero-order valence-corrected chi connectivity index (χ0v) is 4.61. The van der Waals surface area contributed by atoms with Crippen LogP contribution in [0.2, 0.25) is 0 Å². The van der Waals surface area contributed by atoms with Crippen LogP contribution in [0.25, 0.3) is 0 Å². The summed E-state index contributed by atoms with van der Waals surface area (Å²) in [7, 11) is 0. The van der Waals surface area contributed by atoms with Crippen molar-refractivity contribution in [1.29, 1.82) is 0 Å². The first kappa shape index (κ1) is 6.28. The van der Waals surface area contributed by atoms with Gasteiger partial charge >= 0.3 is 0 Å². The molecule has 1 aromatic rings. The van der Waals surface area contributed by atoms with Gasteiger partial charge in [0.25, 0.3) is 0 Å². The van der Waals surface area contributed by atoms with Gasteiger partial charge in [-0.25, -0.2) is 5.26 Å². The Morgan fingerprint density at radius 2 is 2.56 bits per heavy atom. The van der Waals surface area contributed by atoms with Crippen LogP contribution < -0.4 is 0 Å². The number of furan rings is 1. The maximum absolute atomic E-state index is 7.70. The summed E-state index contributed by atoms with van der Waals surface area (Å²) in [5.74, 6) is 0.601. The fraction of sp³-hybridized carbons (Fsp3) is 0.200. The van der Waals surface area contributed by atoms with Crippen LogP contribution in [0.5, 0.6) is 0 Å². The molecule has 4 nitrogen and oxygen atoms in total. The predicted octanol–water partition coefficient (Wildman–Crippen LogP) is 1.20. The molecule has 0 spiro atoms. The molecule has 1 N–H and O–H groups in total. The highest BCUT2D eigenvalue weighted by Gasteiger charge is 1.93. The van der Waals surface area contributed by atoms with Crippen LogP contribution in [0.3, 0.4) is 0 Å². The minimum atomic E-state index is 0.115. The minimum Gasteiger partial charge on any atom is -0.467 e. The molecule has 0 atom stereocenters. The second-order valence-corrected chi connectivity index (χ2v) is 1.42. The van der Waals surface area contributed by atoms with E-state index in [4.69, 9.17) is 9.67 Å². The van der Waals surface area contributed by atoms with E-state index in [0.29, 0.717) is 5.76 Å². The Bertz CT molecular complexity index is 146. The molecule has 50 valence electrons. The lowest BCUT2D eigenvalue weighted by Crippen LogP contribution is -1.88. The molecule has 1 rings (SSSR count). The molecule has 9 heavy (non-hydrogen) atoms. The van der Waals surface area contributed by atoms with Gasteiger partial charge in [-0.15, -0.1) is 0 Å². The Morgan fingerprint density at radius 3 is 3.11 bits per heavy atom. The quantitative estimate of drug-likeness (QED) is 0.493. The van der Waals surface area contributed by atoms with Gasteiger partial charge in [0.1, 0.15) is 12.4 Å². The standard InChI is InChI=1S/C5H6O4/c6-9-8-4-5-2-1-3-7-5/h1-3,6H,4H2. The first-order valence-corrected chi connectivity index (χ1v) is 2.39. The summed E-state index contributed by atoms with van der Waals surface area (Å²) < 4.78 is 4.82. The smallest absolute Gasteiger partial charge is 0.143 e. The molecule has 0 aliphatic rings. The molecule has 0 unspecified atom stereocenters. The van der Waals surface area contributed by atoms with Gasteiger partial charge in [0.05, 0.1) is 6.26 Å². The predicted molar refractivity (Wildman–Crippen MR) is 27.2 cm³/mol. The van der Waals surface area contributed by atoms with Crippen LogP contribution in [0.15, 0.2) is 22.8 Å². The molecule has 0 saturated heterocycles. The van der Waals surface area contributed by atoms with Crippen molar-refractivity contribution in [2.75, 3.05) is 0 Å². The molecule has 1 aromatic heterocycles. The Labute approximate surface area is 51.5 Å². The molecule has 4 heteroatoms. The van der Waals surface area contributed by atoms with E-state index in [9.17, 15) is 0 Å². The van der Waals surface area contributed by atoms with Crippen LogP contribution in [-0.2, 0) is 16.5 Å². The molecule has 0 amide bonds. The third-order valence-electron chi connectivity index (χ3n) is 0.834. The van der Waals surface area contributed by atoms with Crippen molar-refractivity contribution < 1.29 is 19.6 Å². The van der Waals surface area contributed by atoms with Crippen molar-refractivity contribution in [2.45, 2.75) is 6.61 Å². The molecule has 0 aromatic carbocycles. The minimum absolute atomic E-state index is 0.115. The van der Waals surface area contributed by atoms with Crippen LogP contribution in [0, 0.1) is 0 Å². The lowest BCUT2D eigenvalue weighted by atomic mass is 10.5. The van der Waals surface area contributed by atoms with E-state index in [1.54, 1.807) is 12.1 Å². The summed E-state index contributed by atoms with van der Waals surface area (Å²) in [5, 5.41) is 11.1. The van der Waals surface area contributed by atoms with Crippen LogP contribution in [-0.4, -0.2) is 5.26 Å². The van der Waals surface area contributed by atoms with E-state index >= 15 is 0 Å². The monoisotopic (exact) mass is 130 g/mol. The van der Waals surface area contributed by atoms with Crippen molar-refractivity contribution in [3.8, 4) is 0 Å². The van der Waals surface area contributed by atoms with Gasteiger partial charge in [-0.2, -0.15) is 4.89 Å². The lowest BCUT2D eigenvalue weighted by Gasteiger charge is -1.90. The summed E-state index contributed by atoms with van der Waals surface area (Å²) in [6.45, 7) is 0.115. The lowest BCUT2D eigenvalue weighted by molar-refractivity contribution is -0.497. The van der Waals surface area contributed by atoms with Gasteiger partial charge in [0, 0.05) is 0 Å². The van der Waals surface area contributed by atoms with Gasteiger partial charge in [0.2, 0.25) is 0 Å². The second kappa shape index (κ2) is 3.24. The number of hydrogen-bond acceptors (Lipinski definition) is 4. The Balaban J connectivity index is 2.30. The molecule has 0 aliphatic heterocycles. The van der Waals surface area contributed by atoms with E-state index in [1.807, 2.05) is 0 Å². The molecule has 1 heterocycles. The largest absolute Gasteiger partial charge is 0.467 e. The molecular weight excluding hydrogens is 124 g/mol. The molecule has 0 saturated carbocycles. The van der Waals surface area contributed by atoms with Crippen molar-refractivity contribution in [2.24, 2.45) is 0 Å². The van der Waals surface area contributed by atoms with E-state index < -0.39 is 0 Å². The summed E-state index contributed by atoms with van der Waals surface area (Å²) in [5.41, 5.74) is 0. The van der Waals surface area contributed by atoms with Gasteiger partial charge < -0.3 is 4.42 Å². The fourth-order valence-electron chi connectivity index (χ4n) is 0.479. The second-order valence-electron chi connectivity index (χ2n) is 1.42. The van der Waals surface area contributed by atoms with E-state index in [1.165, 1.54) is 6.26 Å². The fourth-order valence-corrected chi connectivity index (χ4v) is 0.479. The summed E-state index contributed by atoms with van der Waals surface area (Å²) in [4.78, 5) is 4.14. The van der Waals surface area contributed by atoms with Gasteiger partial charge in [0.15, 0.2) is 0 Å². The van der Waals surface area contributed by atoms with Gasteiger partial charge in [-0.3, -0.25) is 0 Å². The normalized spacial score (nSPS) is 9.89. The maximum Gasteiger partial charge on any atom is 0.143 e.